The normalized spacial score (nSPS) is 10.2. The third-order valence-corrected chi connectivity index (χ3v) is 2.22. The molecule has 0 aliphatic rings. The topological polar surface area (TPSA) is 43.1 Å². The lowest BCUT2D eigenvalue weighted by molar-refractivity contribution is 0.103. The summed E-state index contributed by atoms with van der Waals surface area (Å²) in [7, 11) is 0. The minimum Gasteiger partial charge on any atom is -0.359 e. The van der Waals surface area contributed by atoms with E-state index in [0.717, 1.165) is 0 Å². The van der Waals surface area contributed by atoms with E-state index in [-0.39, 0.29) is 17.4 Å². The third kappa shape index (κ3) is 2.07. The van der Waals surface area contributed by atoms with Crippen LogP contribution in [0.25, 0.3) is 0 Å². The molecule has 3 nitrogen and oxygen atoms in total. The number of carbonyl (C=O) groups is 1. The summed E-state index contributed by atoms with van der Waals surface area (Å²) in [6.45, 7) is 0. The molecule has 4 heteroatoms. The second-order valence-corrected chi connectivity index (χ2v) is 3.27. The van der Waals surface area contributed by atoms with Crippen LogP contribution >= 0.6 is 11.6 Å². The Labute approximate surface area is 91.6 Å². The molecule has 0 spiro atoms. The Morgan fingerprint density at radius 2 is 2.07 bits per heavy atom. The molecule has 0 saturated heterocycles. The van der Waals surface area contributed by atoms with E-state index < -0.39 is 0 Å². The van der Waals surface area contributed by atoms with Crippen molar-refractivity contribution >= 4 is 17.4 Å². The quantitative estimate of drug-likeness (QED) is 0.591. The predicted octanol–water partition coefficient (Wildman–Crippen LogP) is 2.64. The molecule has 2 aromatic rings. The van der Waals surface area contributed by atoms with E-state index in [1.807, 2.05) is 6.07 Å². The number of aromatic nitrogens is 1. The number of ketones is 1. The Morgan fingerprint density at radius 3 is 2.67 bits per heavy atom. The van der Waals surface area contributed by atoms with Crippen LogP contribution in [0.15, 0.2) is 40.9 Å². The van der Waals surface area contributed by atoms with Gasteiger partial charge in [-0.15, -0.1) is 11.6 Å². The van der Waals surface area contributed by atoms with Crippen molar-refractivity contribution in [1.82, 2.24) is 5.16 Å². The van der Waals surface area contributed by atoms with Crippen molar-refractivity contribution < 1.29 is 9.32 Å². The highest BCUT2D eigenvalue weighted by Crippen LogP contribution is 2.11. The van der Waals surface area contributed by atoms with Gasteiger partial charge in [-0.05, 0) is 0 Å². The Balaban J connectivity index is 2.29. The van der Waals surface area contributed by atoms with Gasteiger partial charge in [-0.25, -0.2) is 0 Å². The Hall–Kier alpha value is -1.61. The lowest BCUT2D eigenvalue weighted by Crippen LogP contribution is -2.00. The summed E-state index contributed by atoms with van der Waals surface area (Å²) in [5.41, 5.74) is 0.878. The minimum absolute atomic E-state index is 0.157. The van der Waals surface area contributed by atoms with Crippen LogP contribution in [0.3, 0.4) is 0 Å². The van der Waals surface area contributed by atoms with Crippen molar-refractivity contribution in [3.63, 3.8) is 0 Å². The van der Waals surface area contributed by atoms with Gasteiger partial charge in [-0.2, -0.15) is 0 Å². The van der Waals surface area contributed by atoms with Crippen LogP contribution in [0.5, 0.6) is 0 Å². The first-order valence-electron chi connectivity index (χ1n) is 4.42. The van der Waals surface area contributed by atoms with E-state index in [0.29, 0.717) is 11.3 Å². The molecular formula is C11H8ClNO2. The number of benzene rings is 1. The first kappa shape index (κ1) is 9.93. The highest BCUT2D eigenvalue weighted by molar-refractivity contribution is 6.17. The lowest BCUT2D eigenvalue weighted by Gasteiger charge is -1.94. The molecule has 76 valence electrons. The first-order chi connectivity index (χ1) is 7.31. The average Bonchev–Trinajstić information content (AvgIpc) is 2.78. The summed E-state index contributed by atoms with van der Waals surface area (Å²) in [5.74, 6) is 0.557. The van der Waals surface area contributed by atoms with Crippen molar-refractivity contribution in [2.24, 2.45) is 0 Å². The van der Waals surface area contributed by atoms with Gasteiger partial charge in [0.2, 0.25) is 5.78 Å². The number of nitrogens with zero attached hydrogens (tertiary/aromatic N) is 1. The van der Waals surface area contributed by atoms with Gasteiger partial charge < -0.3 is 4.52 Å². The Bertz CT molecular complexity index is 464. The van der Waals surface area contributed by atoms with Crippen LogP contribution < -0.4 is 0 Å². The number of rotatable bonds is 3. The molecular weight excluding hydrogens is 214 g/mol. The summed E-state index contributed by atoms with van der Waals surface area (Å²) < 4.78 is 4.85. The lowest BCUT2D eigenvalue weighted by atomic mass is 10.1. The van der Waals surface area contributed by atoms with Gasteiger partial charge in [0.15, 0.2) is 11.5 Å². The monoisotopic (exact) mass is 221 g/mol. The van der Waals surface area contributed by atoms with Crippen LogP contribution in [0, 0.1) is 0 Å². The fraction of sp³-hybridized carbons (Fsp3) is 0.0909. The number of halogens is 1. The maximum atomic E-state index is 11.8. The van der Waals surface area contributed by atoms with E-state index in [9.17, 15) is 4.79 Å². The number of carbonyl (C=O) groups excluding carboxylic acids is 1. The average molecular weight is 222 g/mol. The van der Waals surface area contributed by atoms with Crippen LogP contribution in [-0.2, 0) is 5.88 Å². The van der Waals surface area contributed by atoms with Gasteiger partial charge in [-0.1, -0.05) is 35.5 Å². The third-order valence-electron chi connectivity index (χ3n) is 1.96. The molecule has 0 unspecified atom stereocenters. The van der Waals surface area contributed by atoms with Gasteiger partial charge in [0.1, 0.15) is 0 Å². The fourth-order valence-electron chi connectivity index (χ4n) is 1.22. The molecule has 15 heavy (non-hydrogen) atoms. The standard InChI is InChI=1S/C11H8ClNO2/c12-7-9-6-10(13-15-9)11(14)8-4-2-1-3-5-8/h1-6H,7H2. The van der Waals surface area contributed by atoms with E-state index in [2.05, 4.69) is 5.16 Å². The number of hydrogen-bond donors (Lipinski definition) is 0. The van der Waals surface area contributed by atoms with E-state index in [1.165, 1.54) is 0 Å². The van der Waals surface area contributed by atoms with Crippen LogP contribution in [0.4, 0.5) is 0 Å². The van der Waals surface area contributed by atoms with Gasteiger partial charge >= 0.3 is 0 Å². The molecule has 1 heterocycles. The van der Waals surface area contributed by atoms with Gasteiger partial charge in [0, 0.05) is 11.6 Å². The van der Waals surface area contributed by atoms with Gasteiger partial charge in [0.25, 0.3) is 0 Å². The molecule has 0 aliphatic heterocycles. The molecule has 0 N–H and O–H groups in total. The van der Waals surface area contributed by atoms with E-state index in [4.69, 9.17) is 16.1 Å². The summed E-state index contributed by atoms with van der Waals surface area (Å²) in [6.07, 6.45) is 0. The second-order valence-electron chi connectivity index (χ2n) is 3.01. The highest BCUT2D eigenvalue weighted by Gasteiger charge is 2.13. The summed E-state index contributed by atoms with van der Waals surface area (Å²) in [6, 6.07) is 10.5. The van der Waals surface area contributed by atoms with Crippen molar-refractivity contribution in [3.8, 4) is 0 Å². The van der Waals surface area contributed by atoms with Gasteiger partial charge in [0.05, 0.1) is 5.88 Å². The van der Waals surface area contributed by atoms with Crippen molar-refractivity contribution in [1.29, 1.82) is 0 Å². The summed E-state index contributed by atoms with van der Waals surface area (Å²) >= 11 is 5.55. The number of hydrogen-bond acceptors (Lipinski definition) is 3. The van der Waals surface area contributed by atoms with Crippen LogP contribution in [0.1, 0.15) is 21.8 Å². The van der Waals surface area contributed by atoms with E-state index in [1.54, 1.807) is 30.3 Å². The molecule has 0 radical (unpaired) electrons. The van der Waals surface area contributed by atoms with Crippen molar-refractivity contribution in [2.45, 2.75) is 5.88 Å². The Morgan fingerprint density at radius 1 is 1.33 bits per heavy atom. The SMILES string of the molecule is O=C(c1ccccc1)c1cc(CCl)on1. The van der Waals surface area contributed by atoms with Gasteiger partial charge in [-0.3, -0.25) is 4.79 Å². The van der Waals surface area contributed by atoms with E-state index >= 15 is 0 Å². The molecule has 2 rings (SSSR count). The maximum Gasteiger partial charge on any atom is 0.214 e. The highest BCUT2D eigenvalue weighted by atomic mass is 35.5. The predicted molar refractivity (Wildman–Crippen MR) is 55.9 cm³/mol. The summed E-state index contributed by atoms with van der Waals surface area (Å²) in [5, 5.41) is 3.65. The zero-order valence-electron chi connectivity index (χ0n) is 7.81. The molecule has 0 aliphatic carbocycles. The van der Waals surface area contributed by atoms with Crippen molar-refractivity contribution in [2.75, 3.05) is 0 Å². The minimum atomic E-state index is -0.157. The maximum absolute atomic E-state index is 11.8. The number of alkyl halides is 1. The molecule has 0 amide bonds. The molecule has 0 saturated carbocycles. The first-order valence-corrected chi connectivity index (χ1v) is 4.96. The smallest absolute Gasteiger partial charge is 0.214 e. The molecule has 1 aromatic carbocycles. The molecule has 0 atom stereocenters. The second kappa shape index (κ2) is 4.28. The fourth-order valence-corrected chi connectivity index (χ4v) is 1.35. The summed E-state index contributed by atoms with van der Waals surface area (Å²) in [4.78, 5) is 11.8. The molecule has 0 fully saturated rings. The van der Waals surface area contributed by atoms with Crippen molar-refractivity contribution in [3.05, 3.63) is 53.4 Å². The Kier molecular flexibility index (Phi) is 2.83. The zero-order chi connectivity index (χ0) is 10.7. The van der Waals surface area contributed by atoms with Crippen LogP contribution in [0.2, 0.25) is 0 Å². The molecule has 0 bridgehead atoms. The molecule has 1 aromatic heterocycles. The zero-order valence-corrected chi connectivity index (χ0v) is 8.57. The largest absolute Gasteiger partial charge is 0.359 e. The van der Waals surface area contributed by atoms with Crippen LogP contribution in [-0.4, -0.2) is 10.9 Å².